The van der Waals surface area contributed by atoms with Crippen molar-refractivity contribution in [3.8, 4) is 11.5 Å². The van der Waals surface area contributed by atoms with Gasteiger partial charge >= 0.3 is 0 Å². The third-order valence-corrected chi connectivity index (χ3v) is 11.2. The molecule has 2 N–H and O–H groups in total. The number of hydrogen-bond acceptors (Lipinski definition) is 13. The van der Waals surface area contributed by atoms with Crippen molar-refractivity contribution in [3.63, 3.8) is 0 Å². The topological polar surface area (TPSA) is 144 Å². The number of aldehydes is 1. The second-order valence-corrected chi connectivity index (χ2v) is 15.5. The van der Waals surface area contributed by atoms with E-state index in [0.29, 0.717) is 47.7 Å². The first-order valence-corrected chi connectivity index (χ1v) is 20.7. The summed E-state index contributed by atoms with van der Waals surface area (Å²) in [5.41, 5.74) is 3.27. The van der Waals surface area contributed by atoms with E-state index in [2.05, 4.69) is 30.6 Å². The molecule has 2 amide bonds. The largest absolute Gasteiger partial charge is 0.493 e. The summed E-state index contributed by atoms with van der Waals surface area (Å²) < 4.78 is 11.1. The fourth-order valence-corrected chi connectivity index (χ4v) is 7.93. The van der Waals surface area contributed by atoms with Gasteiger partial charge in [-0.2, -0.15) is 0 Å². The molecule has 0 unspecified atom stereocenters. The molecule has 6 aromatic rings. The maximum Gasteiger partial charge on any atom is 0.264 e. The number of benzene rings is 2. The van der Waals surface area contributed by atoms with E-state index in [1.54, 1.807) is 53.3 Å². The molecule has 2 aliphatic heterocycles. The number of carbonyl (C=O) groups is 3. The van der Waals surface area contributed by atoms with E-state index in [9.17, 15) is 14.4 Å². The van der Waals surface area contributed by atoms with Gasteiger partial charge in [-0.1, -0.05) is 30.0 Å². The Morgan fingerprint density at radius 3 is 1.85 bits per heavy atom. The molecule has 11 nitrogen and oxygen atoms in total. The molecule has 8 rings (SSSR count). The first-order valence-electron chi connectivity index (χ1n) is 17.2. The summed E-state index contributed by atoms with van der Waals surface area (Å²) in [6.45, 7) is 6.31. The quantitative estimate of drug-likeness (QED) is 0.103. The fraction of sp³-hybridized carbons (Fsp3) is 0.175. The molecular weight excluding hydrogens is 773 g/mol. The van der Waals surface area contributed by atoms with E-state index in [0.717, 1.165) is 50.3 Å². The summed E-state index contributed by atoms with van der Waals surface area (Å²) in [5, 5.41) is 12.8. The van der Waals surface area contributed by atoms with Gasteiger partial charge in [-0.25, -0.2) is 0 Å². The van der Waals surface area contributed by atoms with Crippen LogP contribution in [0.25, 0.3) is 27.9 Å². The van der Waals surface area contributed by atoms with Gasteiger partial charge in [0.2, 0.25) is 5.91 Å². The molecule has 2 saturated heterocycles. The van der Waals surface area contributed by atoms with E-state index in [1.165, 1.54) is 33.3 Å². The number of amidine groups is 2. The van der Waals surface area contributed by atoms with Gasteiger partial charge in [-0.3, -0.25) is 34.3 Å². The Balaban J connectivity index is 0.000000155. The summed E-state index contributed by atoms with van der Waals surface area (Å²) in [7, 11) is 0. The number of pyridine rings is 2. The summed E-state index contributed by atoms with van der Waals surface area (Å²) in [4.78, 5) is 54.1. The third-order valence-electron chi connectivity index (χ3n) is 7.64. The maximum atomic E-state index is 12.3. The number of nitrogens with zero attached hydrogens (tertiary/aromatic N) is 4. The van der Waals surface area contributed by atoms with Crippen LogP contribution in [0, 0.1) is 0 Å². The maximum absolute atomic E-state index is 12.3. The number of thioether (sulfide) groups is 2. The monoisotopic (exact) mass is 808 g/mol. The predicted octanol–water partition coefficient (Wildman–Crippen LogP) is 8.37. The Hall–Kier alpha value is -5.35. The Morgan fingerprint density at radius 1 is 0.745 bits per heavy atom. The molecule has 0 spiro atoms. The number of fused-ring (bicyclic) bond motifs is 2. The zero-order valence-electron chi connectivity index (χ0n) is 29.9. The van der Waals surface area contributed by atoms with Crippen molar-refractivity contribution in [2.45, 2.75) is 26.9 Å². The molecule has 15 heteroatoms. The van der Waals surface area contributed by atoms with E-state index in [1.807, 2.05) is 85.3 Å². The second-order valence-electron chi connectivity index (χ2n) is 11.5. The molecule has 0 aliphatic carbocycles. The minimum absolute atomic E-state index is 0.0509. The number of nitrogens with one attached hydrogen (secondary N) is 2. The van der Waals surface area contributed by atoms with E-state index in [-0.39, 0.29) is 11.8 Å². The van der Waals surface area contributed by atoms with Crippen molar-refractivity contribution >= 4 is 103 Å². The molecule has 0 bridgehead atoms. The lowest BCUT2D eigenvalue weighted by Crippen LogP contribution is -2.20. The lowest BCUT2D eigenvalue weighted by molar-refractivity contribution is -0.117. The van der Waals surface area contributed by atoms with Crippen molar-refractivity contribution in [2.24, 2.45) is 9.98 Å². The Bertz CT molecular complexity index is 2360. The first kappa shape index (κ1) is 39.3. The van der Waals surface area contributed by atoms with Crippen LogP contribution in [0.4, 0.5) is 0 Å². The predicted molar refractivity (Wildman–Crippen MR) is 226 cm³/mol. The number of rotatable bonds is 10. The van der Waals surface area contributed by atoms with Gasteiger partial charge in [0, 0.05) is 38.5 Å². The Morgan fingerprint density at radius 2 is 1.33 bits per heavy atom. The zero-order valence-corrected chi connectivity index (χ0v) is 33.2. The minimum Gasteiger partial charge on any atom is -0.493 e. The summed E-state index contributed by atoms with van der Waals surface area (Å²) in [6.07, 6.45) is 6.13. The molecule has 0 atom stereocenters. The van der Waals surface area contributed by atoms with Crippen LogP contribution in [0.2, 0.25) is 0 Å². The highest BCUT2D eigenvalue weighted by Crippen LogP contribution is 2.30. The number of aromatic nitrogens is 2. The smallest absolute Gasteiger partial charge is 0.264 e. The van der Waals surface area contributed by atoms with E-state index < -0.39 is 0 Å². The van der Waals surface area contributed by atoms with Crippen molar-refractivity contribution < 1.29 is 23.9 Å². The molecular formula is C40H36N6O5S4. The molecule has 2 aromatic carbocycles. The van der Waals surface area contributed by atoms with Gasteiger partial charge in [0.1, 0.15) is 17.8 Å². The van der Waals surface area contributed by atoms with Gasteiger partial charge < -0.3 is 20.1 Å². The average Bonchev–Trinajstić information content (AvgIpc) is 4.05. The average molecular weight is 809 g/mol. The number of thiophene rings is 2. The summed E-state index contributed by atoms with van der Waals surface area (Å²) >= 11 is 6.16. The van der Waals surface area contributed by atoms with Crippen LogP contribution in [-0.4, -0.2) is 57.4 Å². The molecule has 0 radical (unpaired) electrons. The fourth-order valence-electron chi connectivity index (χ4n) is 5.17. The highest BCUT2D eigenvalue weighted by Gasteiger charge is 2.23. The number of amides is 2. The normalized spacial score (nSPS) is 15.7. The second kappa shape index (κ2) is 19.8. The van der Waals surface area contributed by atoms with Crippen molar-refractivity contribution in [3.05, 3.63) is 122 Å². The summed E-state index contributed by atoms with van der Waals surface area (Å²) in [5.74, 6) is 2.00. The number of hydrogen-bond donors (Lipinski definition) is 2. The van der Waals surface area contributed by atoms with Gasteiger partial charge in [0.05, 0.1) is 48.0 Å². The van der Waals surface area contributed by atoms with Crippen LogP contribution in [0.15, 0.2) is 111 Å². The highest BCUT2D eigenvalue weighted by molar-refractivity contribution is 8.18. The van der Waals surface area contributed by atoms with Crippen molar-refractivity contribution in [1.82, 2.24) is 20.6 Å². The molecule has 2 aliphatic rings. The molecule has 2 fully saturated rings. The van der Waals surface area contributed by atoms with Crippen LogP contribution in [0.1, 0.15) is 39.5 Å². The van der Waals surface area contributed by atoms with E-state index >= 15 is 0 Å². The van der Waals surface area contributed by atoms with Crippen LogP contribution in [0.5, 0.6) is 11.5 Å². The standard InChI is InChI=1S/C20H17N3O2S2.C12H11NO2.C8H8N2OS2/c1-2-25-17-7-8-21-16-6-5-13(10-15(16)17)11-18-19(24)23-20(27-18)22-12-14-4-3-9-26-14;1-2-15-12-5-6-13-11-4-3-9(8-14)7-10(11)12;11-7-5-13-8(10-7)9-4-6-2-1-3-12-6/h3-11H,2,12H2,1H3,(H,22,23,24);3-8H,2H2,1H3;1-3H,4-5H2,(H,9,10,11)/b18-11-;;. The van der Waals surface area contributed by atoms with Crippen molar-refractivity contribution in [1.29, 1.82) is 0 Å². The van der Waals surface area contributed by atoms with Gasteiger partial charge in [0.15, 0.2) is 10.3 Å². The number of aliphatic imine (C=N–C) groups is 2. The Kier molecular flexibility index (Phi) is 14.2. The minimum atomic E-state index is -0.124. The van der Waals surface area contributed by atoms with Gasteiger partial charge in [-0.15, -0.1) is 22.7 Å². The molecule has 4 aromatic heterocycles. The van der Waals surface area contributed by atoms with Crippen LogP contribution < -0.4 is 20.1 Å². The van der Waals surface area contributed by atoms with Crippen molar-refractivity contribution in [2.75, 3.05) is 19.0 Å². The Labute approximate surface area is 334 Å². The molecule has 280 valence electrons. The highest BCUT2D eigenvalue weighted by atomic mass is 32.2. The SMILES string of the molecule is CCOc1ccnc2ccc(/C=C3\SC(=NCc4cccs4)NC3=O)cc12.CCOc1ccnc2ccc(C=O)cc12.O=C1CSC(=NCc2cccs2)N1. The van der Waals surface area contributed by atoms with Crippen LogP contribution in [0.3, 0.4) is 0 Å². The molecule has 6 heterocycles. The zero-order chi connectivity index (χ0) is 38.4. The lowest BCUT2D eigenvalue weighted by Gasteiger charge is -2.07. The molecule has 0 saturated carbocycles. The van der Waals surface area contributed by atoms with Crippen LogP contribution >= 0.6 is 46.2 Å². The number of ether oxygens (including phenoxy) is 2. The van der Waals surface area contributed by atoms with Gasteiger partial charge in [-0.05, 0) is 103 Å². The summed E-state index contributed by atoms with van der Waals surface area (Å²) in [6, 6.07) is 23.0. The van der Waals surface area contributed by atoms with Gasteiger partial charge in [0.25, 0.3) is 5.91 Å². The van der Waals surface area contributed by atoms with Crippen LogP contribution in [-0.2, 0) is 22.7 Å². The lowest BCUT2D eigenvalue weighted by atomic mass is 10.1. The number of carbonyl (C=O) groups excluding carboxylic acids is 3. The first-order chi connectivity index (χ1) is 26.9. The van der Waals surface area contributed by atoms with E-state index in [4.69, 9.17) is 9.47 Å². The molecule has 55 heavy (non-hydrogen) atoms. The third kappa shape index (κ3) is 11.1.